The molecule has 256 valence electrons. The van der Waals surface area contributed by atoms with Crippen molar-refractivity contribution in [3.05, 3.63) is 143 Å². The van der Waals surface area contributed by atoms with E-state index in [9.17, 15) is 19.8 Å². The zero-order chi connectivity index (χ0) is 35.4. The van der Waals surface area contributed by atoms with E-state index in [2.05, 4.69) is 0 Å². The Balaban J connectivity index is 1.29. The van der Waals surface area contributed by atoms with Crippen LogP contribution < -0.4 is 4.74 Å². The molecule has 1 saturated heterocycles. The molecular weight excluding hydrogens is 642 g/mol. The Kier molecular flexibility index (Phi) is 7.97. The molecule has 2 fully saturated rings. The van der Waals surface area contributed by atoms with Gasteiger partial charge in [0.15, 0.2) is 23.1 Å². The Morgan fingerprint density at radius 1 is 0.824 bits per heavy atom. The van der Waals surface area contributed by atoms with Crippen LogP contribution in [0.1, 0.15) is 41.0 Å². The first-order valence-electron chi connectivity index (χ1n) is 17.3. The molecule has 1 saturated carbocycles. The minimum absolute atomic E-state index is 0.0604. The standard InChI is InChI=1S/C43H37NO7/c1-51-36-22-27(14-19-35(36)46)39-30-17-18-31-38(42(50)44(41(31)49)21-20-25-12-15-29(45)16-13-25)33(30)23-34-40(48)32(26-8-4-2-5-9-26)24-37(47)43(34,39)28-10-6-3-7-11-28/h2-17,19,22,24,31,33-34,38-39,45-46H,18,20-21,23H2,1H3/t31-,33+,34-,38-,39-,43-/m0/s1. The van der Waals surface area contributed by atoms with Gasteiger partial charge in [-0.15, -0.1) is 0 Å². The predicted molar refractivity (Wildman–Crippen MR) is 190 cm³/mol. The number of benzene rings is 4. The normalized spacial score (nSPS) is 26.9. The Hall–Kier alpha value is -5.76. The highest BCUT2D eigenvalue weighted by Gasteiger charge is 2.65. The number of methoxy groups -OCH3 is 1. The number of Topliss-reactive ketones (excluding diaryl/α,β-unsaturated/α-hetero) is 1. The number of hydrogen-bond acceptors (Lipinski definition) is 7. The van der Waals surface area contributed by atoms with E-state index in [-0.39, 0.29) is 53.6 Å². The third-order valence-corrected chi connectivity index (χ3v) is 11.6. The van der Waals surface area contributed by atoms with Crippen LogP contribution in [0.15, 0.2) is 121 Å². The van der Waals surface area contributed by atoms with Crippen molar-refractivity contribution in [2.24, 2.45) is 23.7 Å². The van der Waals surface area contributed by atoms with Gasteiger partial charge in [0.2, 0.25) is 11.8 Å². The first-order chi connectivity index (χ1) is 24.7. The molecule has 0 aromatic heterocycles. The van der Waals surface area contributed by atoms with E-state index in [0.717, 1.165) is 11.1 Å². The first-order valence-corrected chi connectivity index (χ1v) is 17.3. The molecule has 0 spiro atoms. The molecule has 1 heterocycles. The molecule has 0 bridgehead atoms. The van der Waals surface area contributed by atoms with Crippen LogP contribution >= 0.6 is 0 Å². The third kappa shape index (κ3) is 5.03. The van der Waals surface area contributed by atoms with Crippen LogP contribution in [0.2, 0.25) is 0 Å². The number of carbonyl (C=O) groups is 4. The lowest BCUT2D eigenvalue weighted by Crippen LogP contribution is -2.58. The van der Waals surface area contributed by atoms with Crippen molar-refractivity contribution < 1.29 is 34.1 Å². The predicted octanol–water partition coefficient (Wildman–Crippen LogP) is 6.17. The van der Waals surface area contributed by atoms with E-state index in [0.29, 0.717) is 35.1 Å². The summed E-state index contributed by atoms with van der Waals surface area (Å²) in [6, 6.07) is 30.3. The number of rotatable bonds is 7. The van der Waals surface area contributed by atoms with Gasteiger partial charge in [0.25, 0.3) is 0 Å². The minimum atomic E-state index is -1.36. The van der Waals surface area contributed by atoms with E-state index in [1.54, 1.807) is 36.4 Å². The number of allylic oxidation sites excluding steroid dienone is 4. The molecule has 4 aromatic carbocycles. The molecule has 4 aliphatic rings. The molecule has 8 heteroatoms. The molecule has 0 radical (unpaired) electrons. The Labute approximate surface area is 295 Å². The van der Waals surface area contributed by atoms with Crippen molar-refractivity contribution in [2.45, 2.75) is 30.6 Å². The number of nitrogens with zero attached hydrogens (tertiary/aromatic N) is 1. The first kappa shape index (κ1) is 32.4. The average Bonchev–Trinajstić information content (AvgIpc) is 3.41. The zero-order valence-electron chi connectivity index (χ0n) is 28.1. The van der Waals surface area contributed by atoms with Gasteiger partial charge in [0.05, 0.1) is 24.4 Å². The number of ketones is 2. The summed E-state index contributed by atoms with van der Waals surface area (Å²) in [6.45, 7) is 0.200. The highest BCUT2D eigenvalue weighted by atomic mass is 16.5. The van der Waals surface area contributed by atoms with Crippen LogP contribution in [-0.4, -0.2) is 52.1 Å². The molecular formula is C43H37NO7. The Morgan fingerprint density at radius 2 is 1.53 bits per heavy atom. The van der Waals surface area contributed by atoms with Gasteiger partial charge in [0, 0.05) is 24.0 Å². The number of phenolic OH excluding ortho intramolecular Hbond substituents is 2. The lowest BCUT2D eigenvalue weighted by atomic mass is 9.44. The van der Waals surface area contributed by atoms with Crippen molar-refractivity contribution in [3.8, 4) is 17.2 Å². The maximum absolute atomic E-state index is 15.1. The fourth-order valence-electron chi connectivity index (χ4n) is 9.31. The number of carbonyl (C=O) groups excluding carboxylic acids is 4. The summed E-state index contributed by atoms with van der Waals surface area (Å²) < 4.78 is 5.54. The summed E-state index contributed by atoms with van der Waals surface area (Å²) >= 11 is 0. The lowest BCUT2D eigenvalue weighted by molar-refractivity contribution is -0.140. The molecule has 3 aliphatic carbocycles. The highest BCUT2D eigenvalue weighted by molar-refractivity contribution is 6.31. The van der Waals surface area contributed by atoms with Gasteiger partial charge in [-0.1, -0.05) is 90.5 Å². The summed E-state index contributed by atoms with van der Waals surface area (Å²) in [7, 11) is 1.46. The Bertz CT molecular complexity index is 2120. The van der Waals surface area contributed by atoms with Gasteiger partial charge in [-0.25, -0.2) is 0 Å². The van der Waals surface area contributed by atoms with Crippen LogP contribution in [0, 0.1) is 23.7 Å². The van der Waals surface area contributed by atoms with Crippen LogP contribution in [0.25, 0.3) is 5.57 Å². The van der Waals surface area contributed by atoms with Gasteiger partial charge < -0.3 is 14.9 Å². The second-order valence-electron chi connectivity index (χ2n) is 14.0. The van der Waals surface area contributed by atoms with Gasteiger partial charge in [-0.05, 0) is 77.8 Å². The summed E-state index contributed by atoms with van der Waals surface area (Å²) in [6.07, 6.45) is 4.50. The molecule has 4 aromatic rings. The number of hydrogen-bond donors (Lipinski definition) is 2. The average molecular weight is 680 g/mol. The van der Waals surface area contributed by atoms with E-state index in [1.807, 2.05) is 66.7 Å². The second kappa shape index (κ2) is 12.5. The van der Waals surface area contributed by atoms with E-state index in [4.69, 9.17) is 4.74 Å². The number of phenols is 2. The van der Waals surface area contributed by atoms with Crippen molar-refractivity contribution in [2.75, 3.05) is 13.7 Å². The molecule has 8 rings (SSSR count). The third-order valence-electron chi connectivity index (χ3n) is 11.6. The van der Waals surface area contributed by atoms with Crippen molar-refractivity contribution in [1.82, 2.24) is 4.90 Å². The molecule has 1 aliphatic heterocycles. The molecule has 51 heavy (non-hydrogen) atoms. The Morgan fingerprint density at radius 3 is 2.24 bits per heavy atom. The quantitative estimate of drug-likeness (QED) is 0.177. The van der Waals surface area contributed by atoms with Crippen LogP contribution in [-0.2, 0) is 31.0 Å². The van der Waals surface area contributed by atoms with Crippen LogP contribution in [0.3, 0.4) is 0 Å². The van der Waals surface area contributed by atoms with E-state index < -0.39 is 35.0 Å². The molecule has 6 atom stereocenters. The number of fused-ring (bicyclic) bond motifs is 4. The number of aromatic hydroxyl groups is 2. The summed E-state index contributed by atoms with van der Waals surface area (Å²) in [5.74, 6) is -3.88. The fraction of sp³-hybridized carbons (Fsp3) is 0.256. The molecule has 2 amide bonds. The van der Waals surface area contributed by atoms with Gasteiger partial charge in [-0.3, -0.25) is 24.1 Å². The van der Waals surface area contributed by atoms with Gasteiger partial charge >= 0.3 is 0 Å². The van der Waals surface area contributed by atoms with Crippen molar-refractivity contribution in [1.29, 1.82) is 0 Å². The number of imide groups is 1. The van der Waals surface area contributed by atoms with Crippen LogP contribution in [0.4, 0.5) is 0 Å². The van der Waals surface area contributed by atoms with E-state index >= 15 is 9.59 Å². The van der Waals surface area contributed by atoms with Crippen molar-refractivity contribution in [3.63, 3.8) is 0 Å². The SMILES string of the molecule is COc1cc([C@H]2C3=CC[C@@H]4C(=O)N(CCc5ccc(O)cc5)C(=O)[C@@H]4[C@@H]3C[C@H]3C(=O)C(c4ccccc4)=CC(=O)[C@@]23c2ccccc2)ccc1O. The highest BCUT2D eigenvalue weighted by Crippen LogP contribution is 2.64. The van der Waals surface area contributed by atoms with Crippen molar-refractivity contribution >= 4 is 29.0 Å². The summed E-state index contributed by atoms with van der Waals surface area (Å²) in [5.41, 5.74) is 2.73. The molecule has 0 unspecified atom stereocenters. The fourth-order valence-corrected chi connectivity index (χ4v) is 9.31. The zero-order valence-corrected chi connectivity index (χ0v) is 28.1. The van der Waals surface area contributed by atoms with E-state index in [1.165, 1.54) is 24.2 Å². The monoisotopic (exact) mass is 679 g/mol. The minimum Gasteiger partial charge on any atom is -0.508 e. The molecule has 8 nitrogen and oxygen atoms in total. The number of amides is 2. The maximum Gasteiger partial charge on any atom is 0.233 e. The smallest absolute Gasteiger partial charge is 0.233 e. The summed E-state index contributed by atoms with van der Waals surface area (Å²) in [4.78, 5) is 59.9. The molecule has 2 N–H and O–H groups in total. The van der Waals surface area contributed by atoms with Gasteiger partial charge in [0.1, 0.15) is 5.75 Å². The van der Waals surface area contributed by atoms with Gasteiger partial charge in [-0.2, -0.15) is 0 Å². The topological polar surface area (TPSA) is 121 Å². The second-order valence-corrected chi connectivity index (χ2v) is 14.0. The lowest BCUT2D eigenvalue weighted by Gasteiger charge is -2.55. The van der Waals surface area contributed by atoms with Crippen LogP contribution in [0.5, 0.6) is 17.2 Å². The number of likely N-dealkylation sites (tertiary alicyclic amines) is 1. The number of ether oxygens (including phenoxy) is 1. The largest absolute Gasteiger partial charge is 0.508 e. The maximum atomic E-state index is 15.1. The summed E-state index contributed by atoms with van der Waals surface area (Å²) in [5, 5.41) is 20.3.